The summed E-state index contributed by atoms with van der Waals surface area (Å²) >= 11 is 3.45. The van der Waals surface area contributed by atoms with Crippen LogP contribution >= 0.6 is 15.9 Å². The Balaban J connectivity index is 3.59. The van der Waals surface area contributed by atoms with Crippen molar-refractivity contribution in [1.82, 2.24) is 0 Å². The molecule has 0 heterocycles. The molecule has 0 spiro atoms. The lowest BCUT2D eigenvalue weighted by atomic mass is 9.93. The Morgan fingerprint density at radius 1 is 1.16 bits per heavy atom. The van der Waals surface area contributed by atoms with Gasteiger partial charge in [-0.15, -0.1) is 0 Å². The zero-order valence-corrected chi connectivity index (χ0v) is 13.4. The number of carboxylic acid groups (broad SMARTS) is 1. The molecule has 1 rings (SSSR count). The van der Waals surface area contributed by atoms with Crippen LogP contribution in [0.2, 0.25) is 0 Å². The van der Waals surface area contributed by atoms with Crippen molar-refractivity contribution in [3.05, 3.63) is 21.7 Å². The smallest absolute Gasteiger partial charge is 0.310 e. The molecule has 1 aromatic carbocycles. The second-order valence-corrected chi connectivity index (χ2v) is 5.44. The monoisotopic (exact) mass is 330 g/mol. The zero-order chi connectivity index (χ0) is 14.7. The quantitative estimate of drug-likeness (QED) is 0.892. The standard InChI is InChI=1S/C14H19BrO4/c1-7(2)9-6-10(8(3)14(16)17)13(19-5)11(15)12(9)18-4/h6-8H,1-5H3,(H,16,17). The van der Waals surface area contributed by atoms with E-state index < -0.39 is 11.9 Å². The van der Waals surface area contributed by atoms with Crippen molar-refractivity contribution in [2.45, 2.75) is 32.6 Å². The summed E-state index contributed by atoms with van der Waals surface area (Å²) in [6.07, 6.45) is 0. The summed E-state index contributed by atoms with van der Waals surface area (Å²) in [6, 6.07) is 1.85. The fraction of sp³-hybridized carbons (Fsp3) is 0.500. The number of carboxylic acids is 1. The van der Waals surface area contributed by atoms with E-state index in [4.69, 9.17) is 9.47 Å². The van der Waals surface area contributed by atoms with Gasteiger partial charge in [-0.2, -0.15) is 0 Å². The van der Waals surface area contributed by atoms with Gasteiger partial charge in [0.25, 0.3) is 0 Å². The number of ether oxygens (including phenoxy) is 2. The van der Waals surface area contributed by atoms with Crippen LogP contribution in [0, 0.1) is 0 Å². The van der Waals surface area contributed by atoms with E-state index in [2.05, 4.69) is 15.9 Å². The first kappa shape index (κ1) is 15.8. The van der Waals surface area contributed by atoms with Gasteiger partial charge in [-0.3, -0.25) is 4.79 Å². The van der Waals surface area contributed by atoms with Crippen molar-refractivity contribution >= 4 is 21.9 Å². The maximum atomic E-state index is 11.2. The van der Waals surface area contributed by atoms with Crippen molar-refractivity contribution in [1.29, 1.82) is 0 Å². The fourth-order valence-electron chi connectivity index (χ4n) is 1.95. The van der Waals surface area contributed by atoms with Crippen LogP contribution in [-0.4, -0.2) is 25.3 Å². The first-order valence-corrected chi connectivity index (χ1v) is 6.81. The number of rotatable bonds is 5. The summed E-state index contributed by atoms with van der Waals surface area (Å²) < 4.78 is 11.4. The van der Waals surface area contributed by atoms with Crippen molar-refractivity contribution in [3.8, 4) is 11.5 Å². The predicted molar refractivity (Wildman–Crippen MR) is 77.4 cm³/mol. The highest BCUT2D eigenvalue weighted by atomic mass is 79.9. The molecule has 0 aliphatic rings. The molecule has 0 aromatic heterocycles. The Morgan fingerprint density at radius 2 is 1.63 bits per heavy atom. The van der Waals surface area contributed by atoms with Crippen LogP contribution in [0.1, 0.15) is 43.7 Å². The van der Waals surface area contributed by atoms with Gasteiger partial charge in [0.1, 0.15) is 16.0 Å². The molecule has 0 radical (unpaired) electrons. The van der Waals surface area contributed by atoms with Gasteiger partial charge in [0.15, 0.2) is 0 Å². The first-order chi connectivity index (χ1) is 8.84. The third kappa shape index (κ3) is 3.03. The molecular weight excluding hydrogens is 312 g/mol. The molecule has 1 unspecified atom stereocenters. The third-order valence-corrected chi connectivity index (χ3v) is 3.82. The van der Waals surface area contributed by atoms with Crippen LogP contribution in [0.3, 0.4) is 0 Å². The Bertz CT molecular complexity index is 483. The Morgan fingerprint density at radius 3 is 2.00 bits per heavy atom. The molecule has 5 heteroatoms. The van der Waals surface area contributed by atoms with E-state index in [1.807, 2.05) is 19.9 Å². The molecule has 0 aliphatic carbocycles. The molecule has 106 valence electrons. The molecule has 0 bridgehead atoms. The van der Waals surface area contributed by atoms with Gasteiger partial charge in [0.05, 0.1) is 20.1 Å². The molecule has 0 aliphatic heterocycles. The van der Waals surface area contributed by atoms with E-state index >= 15 is 0 Å². The highest BCUT2D eigenvalue weighted by Gasteiger charge is 2.25. The van der Waals surface area contributed by atoms with Crippen LogP contribution in [-0.2, 0) is 4.79 Å². The van der Waals surface area contributed by atoms with Gasteiger partial charge in [0, 0.05) is 5.56 Å². The Labute approximate surface area is 121 Å². The lowest BCUT2D eigenvalue weighted by Crippen LogP contribution is -2.11. The molecule has 19 heavy (non-hydrogen) atoms. The largest absolute Gasteiger partial charge is 0.495 e. The van der Waals surface area contributed by atoms with E-state index in [9.17, 15) is 9.90 Å². The number of benzene rings is 1. The van der Waals surface area contributed by atoms with Crippen LogP contribution < -0.4 is 9.47 Å². The Kier molecular flexibility index (Phi) is 5.23. The minimum Gasteiger partial charge on any atom is -0.495 e. The van der Waals surface area contributed by atoms with Gasteiger partial charge >= 0.3 is 5.97 Å². The number of methoxy groups -OCH3 is 2. The SMILES string of the molecule is COc1c(C(C)C)cc(C(C)C(=O)O)c(OC)c1Br. The van der Waals surface area contributed by atoms with Crippen LogP contribution in [0.5, 0.6) is 11.5 Å². The summed E-state index contributed by atoms with van der Waals surface area (Å²) in [4.78, 5) is 11.2. The van der Waals surface area contributed by atoms with Crippen LogP contribution in [0.4, 0.5) is 0 Å². The molecule has 0 saturated heterocycles. The number of aliphatic carboxylic acids is 1. The Hall–Kier alpha value is -1.23. The average Bonchev–Trinajstić information content (AvgIpc) is 2.36. The van der Waals surface area contributed by atoms with Crippen molar-refractivity contribution in [3.63, 3.8) is 0 Å². The number of halogens is 1. The van der Waals surface area contributed by atoms with Crippen LogP contribution in [0.15, 0.2) is 10.5 Å². The van der Waals surface area contributed by atoms with E-state index in [0.29, 0.717) is 21.5 Å². The van der Waals surface area contributed by atoms with Gasteiger partial charge in [-0.1, -0.05) is 13.8 Å². The molecule has 1 aromatic rings. The van der Waals surface area contributed by atoms with Gasteiger partial charge in [-0.05, 0) is 40.4 Å². The third-order valence-electron chi connectivity index (χ3n) is 3.10. The van der Waals surface area contributed by atoms with E-state index in [0.717, 1.165) is 5.56 Å². The highest BCUT2D eigenvalue weighted by molar-refractivity contribution is 9.10. The molecular formula is C14H19BrO4. The van der Waals surface area contributed by atoms with Gasteiger partial charge < -0.3 is 14.6 Å². The molecule has 0 amide bonds. The number of hydrogen-bond acceptors (Lipinski definition) is 3. The first-order valence-electron chi connectivity index (χ1n) is 6.02. The number of hydrogen-bond donors (Lipinski definition) is 1. The van der Waals surface area contributed by atoms with Crippen molar-refractivity contribution in [2.75, 3.05) is 14.2 Å². The summed E-state index contributed by atoms with van der Waals surface area (Å²) in [7, 11) is 3.11. The fourth-order valence-corrected chi connectivity index (χ4v) is 2.74. The second kappa shape index (κ2) is 6.28. The van der Waals surface area contributed by atoms with E-state index in [1.54, 1.807) is 14.0 Å². The summed E-state index contributed by atoms with van der Waals surface area (Å²) in [5.74, 6) is -0.110. The van der Waals surface area contributed by atoms with E-state index in [-0.39, 0.29) is 5.92 Å². The van der Waals surface area contributed by atoms with Gasteiger partial charge in [0.2, 0.25) is 0 Å². The zero-order valence-electron chi connectivity index (χ0n) is 11.8. The molecule has 0 saturated carbocycles. The topological polar surface area (TPSA) is 55.8 Å². The maximum absolute atomic E-state index is 11.2. The highest BCUT2D eigenvalue weighted by Crippen LogP contribution is 2.45. The predicted octanol–water partition coefficient (Wildman–Crippen LogP) is 3.78. The van der Waals surface area contributed by atoms with Crippen LogP contribution in [0.25, 0.3) is 0 Å². The summed E-state index contributed by atoms with van der Waals surface area (Å²) in [6.45, 7) is 5.71. The average molecular weight is 331 g/mol. The van der Waals surface area contributed by atoms with E-state index in [1.165, 1.54) is 7.11 Å². The molecule has 1 atom stereocenters. The lowest BCUT2D eigenvalue weighted by molar-refractivity contribution is -0.138. The summed E-state index contributed by atoms with van der Waals surface area (Å²) in [5, 5.41) is 9.20. The van der Waals surface area contributed by atoms with Gasteiger partial charge in [-0.25, -0.2) is 0 Å². The molecule has 0 fully saturated rings. The maximum Gasteiger partial charge on any atom is 0.310 e. The molecule has 1 N–H and O–H groups in total. The number of carbonyl (C=O) groups is 1. The minimum absolute atomic E-state index is 0.219. The van der Waals surface area contributed by atoms with Crippen molar-refractivity contribution < 1.29 is 19.4 Å². The van der Waals surface area contributed by atoms with Crippen molar-refractivity contribution in [2.24, 2.45) is 0 Å². The molecule has 4 nitrogen and oxygen atoms in total. The lowest BCUT2D eigenvalue weighted by Gasteiger charge is -2.21. The summed E-state index contributed by atoms with van der Waals surface area (Å²) in [5.41, 5.74) is 1.60. The normalized spacial score (nSPS) is 12.4. The minimum atomic E-state index is -0.884. The second-order valence-electron chi connectivity index (χ2n) is 4.65.